The number of carboxylic acid groups (broad SMARTS) is 2. The average Bonchev–Trinajstić information content (AvgIpc) is 3.50. The molecule has 13 heteroatoms. The third-order valence-electron chi connectivity index (χ3n) is 6.30. The second kappa shape index (κ2) is 13.4. The van der Waals surface area contributed by atoms with Gasteiger partial charge in [-0.25, -0.2) is 24.4 Å². The monoisotopic (exact) mass is 529 g/mol. The second-order valence-electron chi connectivity index (χ2n) is 8.80. The van der Waals surface area contributed by atoms with Crippen molar-refractivity contribution in [1.29, 1.82) is 0 Å². The number of ether oxygens (including phenoxy) is 1. The summed E-state index contributed by atoms with van der Waals surface area (Å²) in [6.45, 7) is 15.2. The minimum atomic E-state index is -1.26. The molecule has 4 aliphatic rings. The lowest BCUT2D eigenvalue weighted by Crippen LogP contribution is -2.52. The van der Waals surface area contributed by atoms with Gasteiger partial charge in [-0.15, -0.1) is 13.2 Å². The van der Waals surface area contributed by atoms with Crippen molar-refractivity contribution in [3.05, 3.63) is 48.7 Å². The van der Waals surface area contributed by atoms with Crippen LogP contribution in [0.4, 0.5) is 4.79 Å². The summed E-state index contributed by atoms with van der Waals surface area (Å²) in [6, 6.07) is 0.302. The van der Waals surface area contributed by atoms with Gasteiger partial charge in [0, 0.05) is 51.4 Å². The summed E-state index contributed by atoms with van der Waals surface area (Å²) in [5.74, 6) is -1.01. The van der Waals surface area contributed by atoms with Crippen molar-refractivity contribution in [2.75, 3.05) is 52.4 Å². The molecule has 3 N–H and O–H groups in total. The SMILES string of the molecule is C=CCN(CC=C)C1=NC2=NC3=C(CCC3N3CCN(C(=O)OCC)CC3)CN2N1.O=C(O)/C=C\C(=O)O. The Morgan fingerprint density at radius 1 is 1.08 bits per heavy atom. The Morgan fingerprint density at radius 2 is 1.71 bits per heavy atom. The minimum Gasteiger partial charge on any atom is -0.478 e. The molecule has 4 rings (SSSR count). The van der Waals surface area contributed by atoms with Gasteiger partial charge in [0.25, 0.3) is 0 Å². The van der Waals surface area contributed by atoms with Crippen LogP contribution in [0.5, 0.6) is 0 Å². The van der Waals surface area contributed by atoms with Crippen LogP contribution in [0.3, 0.4) is 0 Å². The minimum absolute atomic E-state index is 0.209. The number of aliphatic carboxylic acids is 2. The lowest BCUT2D eigenvalue weighted by molar-refractivity contribution is -0.134. The topological polar surface area (TPSA) is 151 Å². The van der Waals surface area contributed by atoms with E-state index in [1.54, 1.807) is 4.90 Å². The van der Waals surface area contributed by atoms with Crippen molar-refractivity contribution in [2.45, 2.75) is 25.8 Å². The Morgan fingerprint density at radius 3 is 2.26 bits per heavy atom. The molecule has 3 aliphatic heterocycles. The van der Waals surface area contributed by atoms with Gasteiger partial charge < -0.3 is 24.7 Å². The smallest absolute Gasteiger partial charge is 0.409 e. The quantitative estimate of drug-likeness (QED) is 0.308. The van der Waals surface area contributed by atoms with Crippen LogP contribution in [0.1, 0.15) is 19.8 Å². The number of piperazine rings is 1. The number of aliphatic imine (C=N–C) groups is 2. The molecule has 1 amide bonds. The molecule has 0 spiro atoms. The number of rotatable bonds is 8. The molecule has 38 heavy (non-hydrogen) atoms. The van der Waals surface area contributed by atoms with Crippen LogP contribution in [0.25, 0.3) is 0 Å². The molecule has 1 atom stereocenters. The third-order valence-corrected chi connectivity index (χ3v) is 6.30. The van der Waals surface area contributed by atoms with E-state index in [1.165, 1.54) is 5.57 Å². The van der Waals surface area contributed by atoms with Gasteiger partial charge in [-0.1, -0.05) is 12.2 Å². The van der Waals surface area contributed by atoms with Gasteiger partial charge in [-0.05, 0) is 25.3 Å². The Kier molecular flexibility index (Phi) is 10.0. The molecule has 1 saturated heterocycles. The number of hydrogen-bond acceptors (Lipinski definition) is 10. The first-order chi connectivity index (χ1) is 18.3. The predicted octanol–water partition coefficient (Wildman–Crippen LogP) is 1.11. The number of nitrogens with zero attached hydrogens (tertiary/aromatic N) is 6. The number of carboxylic acids is 2. The van der Waals surface area contributed by atoms with Gasteiger partial charge in [0.1, 0.15) is 0 Å². The van der Waals surface area contributed by atoms with E-state index < -0.39 is 11.9 Å². The molecule has 3 heterocycles. The number of fused-ring (bicyclic) bond motifs is 1. The zero-order valence-corrected chi connectivity index (χ0v) is 21.6. The number of hydrogen-bond donors (Lipinski definition) is 3. The number of carbonyl (C=O) groups is 3. The molecule has 206 valence electrons. The van der Waals surface area contributed by atoms with Crippen LogP contribution in [0, 0.1) is 0 Å². The standard InChI is InChI=1S/C21H31N7O2.C4H4O4/c1-4-9-26(10-5-2)20-23-19-22-18-16(15-28(19)24-20)7-8-17(18)25-11-13-27(14-12-25)21(29)30-6-3;5-3(6)1-2-4(7)8/h4-5,17H,1-2,6-15H2,3H3,(H,22,23,24);1-2H,(H,5,6)(H,7,8)/b;2-1-. The van der Waals surface area contributed by atoms with Crippen LogP contribution < -0.4 is 5.43 Å². The van der Waals surface area contributed by atoms with Crippen molar-refractivity contribution in [3.8, 4) is 0 Å². The first-order valence-corrected chi connectivity index (χ1v) is 12.5. The fourth-order valence-corrected chi connectivity index (χ4v) is 4.60. The van der Waals surface area contributed by atoms with Crippen LogP contribution in [-0.2, 0) is 14.3 Å². The summed E-state index contributed by atoms with van der Waals surface area (Å²) in [5, 5.41) is 17.6. The van der Waals surface area contributed by atoms with Gasteiger partial charge >= 0.3 is 18.0 Å². The molecule has 1 aliphatic carbocycles. The van der Waals surface area contributed by atoms with E-state index >= 15 is 0 Å². The first kappa shape index (κ1) is 28.4. The maximum Gasteiger partial charge on any atom is 0.409 e. The Hall–Kier alpha value is -4.13. The van der Waals surface area contributed by atoms with E-state index in [0.717, 1.165) is 50.1 Å². The molecule has 0 aromatic heterocycles. The van der Waals surface area contributed by atoms with Gasteiger partial charge in [-0.2, -0.15) is 4.99 Å². The lowest BCUT2D eigenvalue weighted by atomic mass is 10.1. The van der Waals surface area contributed by atoms with Gasteiger partial charge in [0.2, 0.25) is 11.9 Å². The molecule has 1 unspecified atom stereocenters. The molecular weight excluding hydrogens is 494 g/mol. The maximum atomic E-state index is 12.0. The van der Waals surface area contributed by atoms with Gasteiger partial charge in [-0.3, -0.25) is 10.3 Å². The van der Waals surface area contributed by atoms with Crippen molar-refractivity contribution in [3.63, 3.8) is 0 Å². The van der Waals surface area contributed by atoms with Crippen molar-refractivity contribution in [2.24, 2.45) is 9.98 Å². The first-order valence-electron chi connectivity index (χ1n) is 12.5. The van der Waals surface area contributed by atoms with Crippen molar-refractivity contribution in [1.82, 2.24) is 25.1 Å². The summed E-state index contributed by atoms with van der Waals surface area (Å²) >= 11 is 0. The Balaban J connectivity index is 0.000000436. The van der Waals surface area contributed by atoms with E-state index in [2.05, 4.69) is 28.4 Å². The summed E-state index contributed by atoms with van der Waals surface area (Å²) in [5.41, 5.74) is 5.92. The number of guanidine groups is 2. The molecular formula is C25H35N7O6. The maximum absolute atomic E-state index is 12.0. The molecule has 0 radical (unpaired) electrons. The Bertz CT molecular complexity index is 1030. The highest BCUT2D eigenvalue weighted by molar-refractivity contribution is 6.01. The molecule has 13 nitrogen and oxygen atoms in total. The predicted molar refractivity (Wildman–Crippen MR) is 141 cm³/mol. The fourth-order valence-electron chi connectivity index (χ4n) is 4.60. The van der Waals surface area contributed by atoms with E-state index in [1.807, 2.05) is 24.1 Å². The fraction of sp³-hybridized carbons (Fsp3) is 0.480. The van der Waals surface area contributed by atoms with Crippen LogP contribution in [0.2, 0.25) is 0 Å². The van der Waals surface area contributed by atoms with Gasteiger partial charge in [0.05, 0.1) is 24.9 Å². The van der Waals surface area contributed by atoms with E-state index in [0.29, 0.717) is 51.0 Å². The Labute approximate surface area is 221 Å². The molecule has 0 aromatic carbocycles. The number of hydrazine groups is 1. The van der Waals surface area contributed by atoms with Crippen molar-refractivity contribution < 1.29 is 29.3 Å². The average molecular weight is 530 g/mol. The number of amides is 1. The van der Waals surface area contributed by atoms with Gasteiger partial charge in [0.15, 0.2) is 0 Å². The normalized spacial score (nSPS) is 20.4. The van der Waals surface area contributed by atoms with E-state index in [9.17, 15) is 14.4 Å². The highest BCUT2D eigenvalue weighted by Gasteiger charge is 2.38. The summed E-state index contributed by atoms with van der Waals surface area (Å²) < 4.78 is 5.13. The third kappa shape index (κ3) is 7.22. The summed E-state index contributed by atoms with van der Waals surface area (Å²) in [6.07, 6.45) is 6.74. The zero-order chi connectivity index (χ0) is 27.7. The molecule has 1 fully saturated rings. The highest BCUT2D eigenvalue weighted by Crippen LogP contribution is 2.35. The zero-order valence-electron chi connectivity index (χ0n) is 21.6. The lowest BCUT2D eigenvalue weighted by Gasteiger charge is -2.38. The molecule has 0 saturated carbocycles. The van der Waals surface area contributed by atoms with Crippen molar-refractivity contribution >= 4 is 30.0 Å². The summed E-state index contributed by atoms with van der Waals surface area (Å²) in [7, 11) is 0. The summed E-state index contributed by atoms with van der Waals surface area (Å²) in [4.78, 5) is 47.1. The van der Waals surface area contributed by atoms with Crippen LogP contribution in [0.15, 0.2) is 58.7 Å². The molecule has 0 aromatic rings. The molecule has 0 bridgehead atoms. The van der Waals surface area contributed by atoms with Crippen LogP contribution in [-0.4, -0.2) is 118 Å². The number of carbonyl (C=O) groups excluding carboxylic acids is 1. The highest BCUT2D eigenvalue weighted by atomic mass is 16.6. The van der Waals surface area contributed by atoms with E-state index in [-0.39, 0.29) is 6.09 Å². The number of nitrogens with one attached hydrogen (secondary N) is 1. The second-order valence-corrected chi connectivity index (χ2v) is 8.80. The van der Waals surface area contributed by atoms with Crippen LogP contribution >= 0.6 is 0 Å². The van der Waals surface area contributed by atoms with E-state index in [4.69, 9.17) is 24.9 Å². The largest absolute Gasteiger partial charge is 0.478 e.